The van der Waals surface area contributed by atoms with Crippen molar-refractivity contribution in [2.45, 2.75) is 89.9 Å². The third-order valence-electron chi connectivity index (χ3n) is 7.56. The van der Waals surface area contributed by atoms with Crippen molar-refractivity contribution in [1.82, 2.24) is 4.90 Å². The lowest BCUT2D eigenvalue weighted by molar-refractivity contribution is -0.192. The van der Waals surface area contributed by atoms with Gasteiger partial charge in [0.1, 0.15) is 11.4 Å². The number of carbonyl (C=O) groups is 3. The van der Waals surface area contributed by atoms with Crippen LogP contribution in [0.1, 0.15) is 87.6 Å². The highest BCUT2D eigenvalue weighted by Gasteiger charge is 2.45. The maximum atomic E-state index is 13.6. The molecule has 1 heterocycles. The molecule has 41 heavy (non-hydrogen) atoms. The van der Waals surface area contributed by atoms with Crippen LogP contribution in [-0.2, 0) is 16.1 Å². The standard InChI is InChI=1S/C29H36N2O3.C2HF3O2/c1-3-4-14-26-30-29(2,19-21-10-6-5-7-11-21)28(34)31(26)20-22-15-17-23(18-16-22)24-12-8-9-13-25(24)27(32)33;3-2(4,5)1(6)7/h8-9,12-13,15-18,21H,3-7,10-11,14,19-20H2,1-2H3,(H,32,33);(H,6,7). The number of aromatic carboxylic acids is 1. The zero-order valence-corrected chi connectivity index (χ0v) is 23.4. The summed E-state index contributed by atoms with van der Waals surface area (Å²) in [5.41, 5.74) is 2.22. The molecule has 1 aliphatic carbocycles. The van der Waals surface area contributed by atoms with Gasteiger partial charge in [-0.05, 0) is 48.4 Å². The second-order valence-electron chi connectivity index (χ2n) is 10.9. The minimum Gasteiger partial charge on any atom is -0.478 e. The number of carboxylic acids is 2. The van der Waals surface area contributed by atoms with Gasteiger partial charge >= 0.3 is 18.1 Å². The number of rotatable bonds is 9. The Morgan fingerprint density at radius 1 is 1.02 bits per heavy atom. The molecule has 0 saturated heterocycles. The average molecular weight is 575 g/mol. The van der Waals surface area contributed by atoms with Crippen LogP contribution >= 0.6 is 0 Å². The van der Waals surface area contributed by atoms with Crippen molar-refractivity contribution >= 4 is 23.7 Å². The largest absolute Gasteiger partial charge is 0.490 e. The van der Waals surface area contributed by atoms with Crippen molar-refractivity contribution in [1.29, 1.82) is 0 Å². The quantitative estimate of drug-likeness (QED) is 0.326. The van der Waals surface area contributed by atoms with E-state index >= 15 is 0 Å². The Balaban J connectivity index is 0.000000587. The molecule has 1 saturated carbocycles. The lowest BCUT2D eigenvalue weighted by Gasteiger charge is -2.29. The first-order valence-corrected chi connectivity index (χ1v) is 14.0. The van der Waals surface area contributed by atoms with Gasteiger partial charge in [-0.1, -0.05) is 87.9 Å². The summed E-state index contributed by atoms with van der Waals surface area (Å²) in [6, 6.07) is 14.9. The predicted octanol–water partition coefficient (Wildman–Crippen LogP) is 7.35. The fourth-order valence-corrected chi connectivity index (χ4v) is 5.47. The Morgan fingerprint density at radius 2 is 1.63 bits per heavy atom. The van der Waals surface area contributed by atoms with Gasteiger partial charge in [-0.3, -0.25) is 14.7 Å². The molecular weight excluding hydrogens is 537 g/mol. The Hall–Kier alpha value is -3.69. The number of carboxylic acid groups (broad SMARTS) is 2. The van der Waals surface area contributed by atoms with Crippen LogP contribution in [0.25, 0.3) is 11.1 Å². The van der Waals surface area contributed by atoms with Crippen molar-refractivity contribution in [3.8, 4) is 11.1 Å². The summed E-state index contributed by atoms with van der Waals surface area (Å²) in [6.45, 7) is 4.70. The van der Waals surface area contributed by atoms with E-state index in [0.29, 0.717) is 18.0 Å². The first-order valence-electron chi connectivity index (χ1n) is 14.0. The van der Waals surface area contributed by atoms with Gasteiger partial charge in [0.25, 0.3) is 5.91 Å². The van der Waals surface area contributed by atoms with E-state index in [1.54, 1.807) is 12.1 Å². The van der Waals surface area contributed by atoms with Gasteiger partial charge < -0.3 is 10.2 Å². The number of carbonyl (C=O) groups excluding carboxylic acids is 1. The smallest absolute Gasteiger partial charge is 0.478 e. The summed E-state index contributed by atoms with van der Waals surface area (Å²) in [6.07, 6.45) is 4.94. The number of benzene rings is 2. The SMILES string of the molecule is CCCCC1=NC(C)(CC2CCCCC2)C(=O)N1Cc1ccc(-c2ccccc2C(=O)O)cc1.O=C(O)C(F)(F)F. The zero-order chi connectivity index (χ0) is 30.2. The topological polar surface area (TPSA) is 107 Å². The van der Waals surface area contributed by atoms with Gasteiger partial charge in [0.15, 0.2) is 0 Å². The maximum absolute atomic E-state index is 13.6. The first-order chi connectivity index (χ1) is 19.4. The summed E-state index contributed by atoms with van der Waals surface area (Å²) in [5, 5.41) is 16.6. The van der Waals surface area contributed by atoms with Crippen molar-refractivity contribution in [3.05, 3.63) is 59.7 Å². The van der Waals surface area contributed by atoms with Gasteiger partial charge in [-0.15, -0.1) is 0 Å². The summed E-state index contributed by atoms with van der Waals surface area (Å²) >= 11 is 0. The van der Waals surface area contributed by atoms with E-state index in [0.717, 1.165) is 42.6 Å². The molecule has 0 spiro atoms. The molecule has 2 aliphatic rings. The normalized spacial score (nSPS) is 19.4. The molecule has 4 rings (SSSR count). The van der Waals surface area contributed by atoms with E-state index in [2.05, 4.69) is 6.92 Å². The Morgan fingerprint density at radius 3 is 2.20 bits per heavy atom. The number of aliphatic carboxylic acids is 1. The molecule has 0 bridgehead atoms. The van der Waals surface area contributed by atoms with Gasteiger partial charge in [0.05, 0.1) is 12.1 Å². The molecule has 1 atom stereocenters. The molecule has 2 aromatic carbocycles. The molecule has 1 aliphatic heterocycles. The van der Waals surface area contributed by atoms with E-state index in [-0.39, 0.29) is 11.5 Å². The van der Waals surface area contributed by atoms with E-state index in [4.69, 9.17) is 14.9 Å². The number of hydrogen-bond donors (Lipinski definition) is 2. The highest BCUT2D eigenvalue weighted by Crippen LogP contribution is 2.37. The van der Waals surface area contributed by atoms with Crippen molar-refractivity contribution < 1.29 is 37.8 Å². The molecule has 0 aromatic heterocycles. The van der Waals surface area contributed by atoms with Gasteiger partial charge in [0, 0.05) is 6.42 Å². The van der Waals surface area contributed by atoms with Gasteiger partial charge in [0.2, 0.25) is 0 Å². The van der Waals surface area contributed by atoms with Crippen LogP contribution in [0.3, 0.4) is 0 Å². The van der Waals surface area contributed by atoms with Crippen LogP contribution in [-0.4, -0.2) is 50.5 Å². The second kappa shape index (κ2) is 13.8. The minimum atomic E-state index is -5.08. The van der Waals surface area contributed by atoms with Crippen LogP contribution in [0, 0.1) is 5.92 Å². The molecular formula is C31H37F3N2O5. The number of nitrogens with zero attached hydrogens (tertiary/aromatic N) is 2. The second-order valence-corrected chi connectivity index (χ2v) is 10.9. The first kappa shape index (κ1) is 31.8. The molecule has 0 radical (unpaired) electrons. The summed E-state index contributed by atoms with van der Waals surface area (Å²) in [7, 11) is 0. The van der Waals surface area contributed by atoms with Crippen LogP contribution < -0.4 is 0 Å². The fourth-order valence-electron chi connectivity index (χ4n) is 5.47. The average Bonchev–Trinajstić information content (AvgIpc) is 3.16. The number of amidine groups is 1. The van der Waals surface area contributed by atoms with Crippen LogP contribution in [0.5, 0.6) is 0 Å². The highest BCUT2D eigenvalue weighted by atomic mass is 19.4. The summed E-state index contributed by atoms with van der Waals surface area (Å²) in [5.74, 6) is -2.05. The fraction of sp³-hybridized carbons (Fsp3) is 0.484. The highest BCUT2D eigenvalue weighted by molar-refractivity contribution is 6.08. The molecule has 7 nitrogen and oxygen atoms in total. The zero-order valence-electron chi connectivity index (χ0n) is 23.4. The number of aliphatic imine (C=N–C) groups is 1. The van der Waals surface area contributed by atoms with Crippen LogP contribution in [0.4, 0.5) is 13.2 Å². The van der Waals surface area contributed by atoms with Gasteiger partial charge in [-0.25, -0.2) is 9.59 Å². The summed E-state index contributed by atoms with van der Waals surface area (Å²) in [4.78, 5) is 41.1. The van der Waals surface area contributed by atoms with E-state index in [9.17, 15) is 27.9 Å². The molecule has 1 amide bonds. The summed E-state index contributed by atoms with van der Waals surface area (Å²) < 4.78 is 31.7. The molecule has 10 heteroatoms. The number of alkyl halides is 3. The van der Waals surface area contributed by atoms with E-state index in [1.165, 1.54) is 32.1 Å². The maximum Gasteiger partial charge on any atom is 0.490 e. The van der Waals surface area contributed by atoms with Crippen molar-refractivity contribution in [3.63, 3.8) is 0 Å². The van der Waals surface area contributed by atoms with E-state index < -0.39 is 23.7 Å². The van der Waals surface area contributed by atoms with Crippen LogP contribution in [0.15, 0.2) is 53.5 Å². The minimum absolute atomic E-state index is 0.129. The van der Waals surface area contributed by atoms with Crippen LogP contribution in [0.2, 0.25) is 0 Å². The molecule has 1 fully saturated rings. The lowest BCUT2D eigenvalue weighted by Crippen LogP contribution is -2.41. The molecule has 1 unspecified atom stereocenters. The third kappa shape index (κ3) is 8.41. The van der Waals surface area contributed by atoms with E-state index in [1.807, 2.05) is 48.2 Å². The Bertz CT molecular complexity index is 1250. The Kier molecular flexibility index (Phi) is 10.7. The predicted molar refractivity (Wildman–Crippen MR) is 150 cm³/mol. The van der Waals surface area contributed by atoms with Crippen molar-refractivity contribution in [2.24, 2.45) is 10.9 Å². The third-order valence-corrected chi connectivity index (χ3v) is 7.56. The molecule has 2 aromatic rings. The molecule has 222 valence electrons. The Labute approximate surface area is 238 Å². The number of amides is 1. The van der Waals surface area contributed by atoms with Gasteiger partial charge in [-0.2, -0.15) is 13.2 Å². The lowest BCUT2D eigenvalue weighted by atomic mass is 9.80. The molecule has 2 N–H and O–H groups in total. The number of halogens is 3. The van der Waals surface area contributed by atoms with Crippen molar-refractivity contribution in [2.75, 3.05) is 0 Å². The number of unbranched alkanes of at least 4 members (excludes halogenated alkanes) is 1. The monoisotopic (exact) mass is 574 g/mol. The number of hydrogen-bond acceptors (Lipinski definition) is 4.